The highest BCUT2D eigenvalue weighted by Crippen LogP contribution is 2.61. The van der Waals surface area contributed by atoms with Crippen molar-refractivity contribution in [2.75, 3.05) is 0 Å². The van der Waals surface area contributed by atoms with Crippen LogP contribution in [0.5, 0.6) is 0 Å². The third-order valence-corrected chi connectivity index (χ3v) is 6.13. The van der Waals surface area contributed by atoms with Crippen LogP contribution in [0.2, 0.25) is 0 Å². The van der Waals surface area contributed by atoms with Crippen molar-refractivity contribution < 1.29 is 0 Å². The minimum absolute atomic E-state index is 0.678. The molecule has 0 N–H and O–H groups in total. The van der Waals surface area contributed by atoms with Gasteiger partial charge in [-0.1, -0.05) is 66.6 Å². The van der Waals surface area contributed by atoms with Gasteiger partial charge < -0.3 is 0 Å². The fraction of sp³-hybridized carbons (Fsp3) is 0.261. The Morgan fingerprint density at radius 2 is 1.26 bits per heavy atom. The molecule has 0 nitrogen and oxygen atoms in total. The second-order valence-electron chi connectivity index (χ2n) is 7.16. The number of fused-ring (bicyclic) bond motifs is 2. The quantitative estimate of drug-likeness (QED) is 0.513. The zero-order valence-electron chi connectivity index (χ0n) is 13.2. The van der Waals surface area contributed by atoms with Crippen molar-refractivity contribution >= 4 is 0 Å². The summed E-state index contributed by atoms with van der Waals surface area (Å²) in [5, 5.41) is 0. The fourth-order valence-electron chi connectivity index (χ4n) is 5.15. The Labute approximate surface area is 138 Å². The SMILES string of the molecule is c1ccc(C2CC3[c-]4cccc4C2CC3c2ccccc2)cc1. The van der Waals surface area contributed by atoms with Crippen molar-refractivity contribution in [3.8, 4) is 0 Å². The molecule has 0 radical (unpaired) electrons. The summed E-state index contributed by atoms with van der Waals surface area (Å²) in [6, 6.07) is 29.4. The monoisotopic (exact) mass is 297 g/mol. The normalized spacial score (nSPS) is 28.5. The molecule has 6 rings (SSSR count). The van der Waals surface area contributed by atoms with Crippen LogP contribution in [0.15, 0.2) is 78.9 Å². The van der Waals surface area contributed by atoms with E-state index in [2.05, 4.69) is 78.9 Å². The number of benzene rings is 2. The van der Waals surface area contributed by atoms with E-state index in [1.807, 2.05) is 0 Å². The standard InChI is InChI=1S/C23H21/c1-3-8-16(9-4-1)20-14-23-19-13-7-12-18(19)22(20)15-21(23)17-10-5-2-6-11-17/h1-13,20-23H,14-15H2/q-1. The molecule has 0 aliphatic heterocycles. The first-order chi connectivity index (χ1) is 11.4. The molecule has 0 spiro atoms. The number of hydrogen-bond acceptors (Lipinski definition) is 0. The summed E-state index contributed by atoms with van der Waals surface area (Å²) < 4.78 is 0. The highest BCUT2D eigenvalue weighted by atomic mass is 14.5. The number of hydrogen-bond donors (Lipinski definition) is 0. The predicted octanol–water partition coefficient (Wildman–Crippen LogP) is 5.95. The molecule has 3 aromatic carbocycles. The van der Waals surface area contributed by atoms with Gasteiger partial charge in [-0.2, -0.15) is 17.2 Å². The lowest BCUT2D eigenvalue weighted by atomic mass is 9.56. The van der Waals surface area contributed by atoms with Crippen molar-refractivity contribution in [2.45, 2.75) is 36.5 Å². The van der Waals surface area contributed by atoms with E-state index >= 15 is 0 Å². The molecule has 1 saturated carbocycles. The average Bonchev–Trinajstić information content (AvgIpc) is 3.14. The van der Waals surface area contributed by atoms with Crippen LogP contribution in [0.3, 0.4) is 0 Å². The summed E-state index contributed by atoms with van der Waals surface area (Å²) in [6.07, 6.45) is 2.59. The van der Waals surface area contributed by atoms with Crippen LogP contribution in [0.25, 0.3) is 0 Å². The lowest BCUT2D eigenvalue weighted by Gasteiger charge is -2.51. The summed E-state index contributed by atoms with van der Waals surface area (Å²) in [5.74, 6) is 2.74. The largest absolute Gasteiger partial charge is 0.213 e. The van der Waals surface area contributed by atoms with Crippen LogP contribution in [0.1, 0.15) is 58.8 Å². The van der Waals surface area contributed by atoms with E-state index in [0.29, 0.717) is 23.7 Å². The molecule has 0 aromatic heterocycles. The highest BCUT2D eigenvalue weighted by Gasteiger charge is 2.42. The molecule has 0 amide bonds. The first-order valence-corrected chi connectivity index (χ1v) is 8.77. The lowest BCUT2D eigenvalue weighted by molar-refractivity contribution is 0.277. The molecular formula is C23H21-. The zero-order valence-corrected chi connectivity index (χ0v) is 13.2. The summed E-state index contributed by atoms with van der Waals surface area (Å²) in [5.41, 5.74) is 6.31. The van der Waals surface area contributed by atoms with Crippen LogP contribution >= 0.6 is 0 Å². The molecule has 3 aliphatic carbocycles. The topological polar surface area (TPSA) is 0 Å². The Hall–Kier alpha value is -2.21. The predicted molar refractivity (Wildman–Crippen MR) is 95.1 cm³/mol. The first-order valence-electron chi connectivity index (χ1n) is 8.77. The molecule has 2 bridgehead atoms. The van der Waals surface area contributed by atoms with Gasteiger partial charge in [0.25, 0.3) is 0 Å². The van der Waals surface area contributed by atoms with Crippen LogP contribution in [-0.4, -0.2) is 0 Å². The second-order valence-corrected chi connectivity index (χ2v) is 7.16. The minimum Gasteiger partial charge on any atom is -0.213 e. The van der Waals surface area contributed by atoms with Gasteiger partial charge in [-0.25, -0.2) is 12.1 Å². The maximum absolute atomic E-state index is 2.38. The molecule has 0 saturated heterocycles. The highest BCUT2D eigenvalue weighted by molar-refractivity contribution is 5.47. The molecule has 1 fully saturated rings. The minimum atomic E-state index is 0.678. The van der Waals surface area contributed by atoms with E-state index < -0.39 is 0 Å². The van der Waals surface area contributed by atoms with Crippen LogP contribution < -0.4 is 0 Å². The van der Waals surface area contributed by atoms with Crippen molar-refractivity contribution in [1.29, 1.82) is 0 Å². The van der Waals surface area contributed by atoms with Crippen molar-refractivity contribution in [2.24, 2.45) is 0 Å². The van der Waals surface area contributed by atoms with Gasteiger partial charge in [0.15, 0.2) is 0 Å². The van der Waals surface area contributed by atoms with Crippen LogP contribution in [-0.2, 0) is 0 Å². The van der Waals surface area contributed by atoms with E-state index in [9.17, 15) is 0 Å². The molecule has 0 heteroatoms. The Morgan fingerprint density at radius 1 is 0.609 bits per heavy atom. The molecule has 0 heterocycles. The smallest absolute Gasteiger partial charge is 0.0117 e. The fourth-order valence-corrected chi connectivity index (χ4v) is 5.15. The Bertz CT molecular complexity index is 728. The van der Waals surface area contributed by atoms with Crippen molar-refractivity contribution in [3.05, 3.63) is 101 Å². The molecule has 3 aliphatic rings. The lowest BCUT2D eigenvalue weighted by Crippen LogP contribution is -2.33. The van der Waals surface area contributed by atoms with Gasteiger partial charge in [0.2, 0.25) is 0 Å². The van der Waals surface area contributed by atoms with Gasteiger partial charge in [0.05, 0.1) is 0 Å². The molecular weight excluding hydrogens is 276 g/mol. The van der Waals surface area contributed by atoms with E-state index in [0.717, 1.165) is 0 Å². The van der Waals surface area contributed by atoms with Crippen LogP contribution in [0, 0.1) is 0 Å². The molecule has 4 unspecified atom stereocenters. The Morgan fingerprint density at radius 3 is 1.96 bits per heavy atom. The average molecular weight is 297 g/mol. The number of rotatable bonds is 2. The van der Waals surface area contributed by atoms with Gasteiger partial charge >= 0.3 is 0 Å². The first kappa shape index (κ1) is 13.2. The zero-order chi connectivity index (χ0) is 15.2. The van der Waals surface area contributed by atoms with Gasteiger partial charge in [-0.15, -0.1) is 0 Å². The summed E-state index contributed by atoms with van der Waals surface area (Å²) in [7, 11) is 0. The van der Waals surface area contributed by atoms with Gasteiger partial charge in [-0.3, -0.25) is 0 Å². The van der Waals surface area contributed by atoms with Crippen molar-refractivity contribution in [3.63, 3.8) is 0 Å². The van der Waals surface area contributed by atoms with E-state index in [4.69, 9.17) is 0 Å². The van der Waals surface area contributed by atoms with Gasteiger partial charge in [0.1, 0.15) is 0 Å². The second kappa shape index (κ2) is 5.16. The van der Waals surface area contributed by atoms with E-state index in [1.54, 1.807) is 11.1 Å². The maximum atomic E-state index is 2.38. The van der Waals surface area contributed by atoms with Crippen LogP contribution in [0.4, 0.5) is 0 Å². The molecule has 4 atom stereocenters. The molecule has 114 valence electrons. The van der Waals surface area contributed by atoms with Gasteiger partial charge in [-0.05, 0) is 41.7 Å². The Balaban J connectivity index is 1.58. The molecule has 23 heavy (non-hydrogen) atoms. The third-order valence-electron chi connectivity index (χ3n) is 6.13. The summed E-state index contributed by atoms with van der Waals surface area (Å²) >= 11 is 0. The maximum Gasteiger partial charge on any atom is -0.0117 e. The van der Waals surface area contributed by atoms with E-state index in [-0.39, 0.29) is 0 Å². The summed E-state index contributed by atoms with van der Waals surface area (Å²) in [4.78, 5) is 0. The molecule has 3 aromatic rings. The van der Waals surface area contributed by atoms with E-state index in [1.165, 1.54) is 24.0 Å². The van der Waals surface area contributed by atoms with Gasteiger partial charge in [0, 0.05) is 0 Å². The van der Waals surface area contributed by atoms with Crippen molar-refractivity contribution in [1.82, 2.24) is 0 Å². The summed E-state index contributed by atoms with van der Waals surface area (Å²) in [6.45, 7) is 0. The Kier molecular flexibility index (Phi) is 2.97. The third kappa shape index (κ3) is 2.01.